The lowest BCUT2D eigenvalue weighted by molar-refractivity contribution is 0.0738. The second-order valence-electron chi connectivity index (χ2n) is 7.45. The zero-order chi connectivity index (χ0) is 22.3. The Labute approximate surface area is 185 Å². The van der Waals surface area contributed by atoms with Crippen LogP contribution in [0, 0.1) is 5.82 Å². The largest absolute Gasteiger partial charge is 0.423 e. The van der Waals surface area contributed by atoms with E-state index < -0.39 is 11.4 Å². The Balaban J connectivity index is 1.46. The van der Waals surface area contributed by atoms with Crippen LogP contribution in [0.2, 0.25) is 0 Å². The first kappa shape index (κ1) is 21.3. The van der Waals surface area contributed by atoms with Gasteiger partial charge in [-0.1, -0.05) is 54.6 Å². The van der Waals surface area contributed by atoms with Crippen LogP contribution in [-0.2, 0) is 6.54 Å². The fourth-order valence-corrected chi connectivity index (χ4v) is 3.61. The van der Waals surface area contributed by atoms with Gasteiger partial charge in [-0.15, -0.1) is 0 Å². The number of fused-ring (bicyclic) bond motifs is 1. The first-order chi connectivity index (χ1) is 15.6. The van der Waals surface area contributed by atoms with Crippen LogP contribution in [0.15, 0.2) is 94.1 Å². The van der Waals surface area contributed by atoms with Crippen LogP contribution < -0.4 is 10.9 Å². The molecule has 0 aliphatic rings. The number of carbonyl (C=O) groups excluding carboxylic acids is 1. The van der Waals surface area contributed by atoms with Gasteiger partial charge in [0.15, 0.2) is 0 Å². The van der Waals surface area contributed by atoms with Crippen molar-refractivity contribution >= 4 is 22.6 Å². The van der Waals surface area contributed by atoms with Gasteiger partial charge in [-0.2, -0.15) is 0 Å². The normalized spacial score (nSPS) is 10.8. The third kappa shape index (κ3) is 5.03. The summed E-state index contributed by atoms with van der Waals surface area (Å²) in [7, 11) is 0. The molecule has 1 amide bonds. The highest BCUT2D eigenvalue weighted by Crippen LogP contribution is 2.21. The number of halogens is 1. The van der Waals surface area contributed by atoms with Crippen molar-refractivity contribution in [2.45, 2.75) is 13.0 Å². The molecule has 0 spiro atoms. The standard InChI is InChI=1S/C26H23FN2O3/c27-22-13-6-4-11-20(22)26(31)29(18-19-9-2-1-3-10-19)16-8-15-28-23-17-25(30)32-24-14-7-5-12-21(23)24/h1-7,9-14,17,28H,8,15-16,18H2. The maximum Gasteiger partial charge on any atom is 0.338 e. The number of benzene rings is 3. The van der Waals surface area contributed by atoms with Crippen molar-refractivity contribution in [2.24, 2.45) is 0 Å². The lowest BCUT2D eigenvalue weighted by Gasteiger charge is -2.23. The fraction of sp³-hybridized carbons (Fsp3) is 0.154. The number of carbonyl (C=O) groups is 1. The molecule has 1 aromatic heterocycles. The molecule has 0 unspecified atom stereocenters. The minimum atomic E-state index is -0.531. The van der Waals surface area contributed by atoms with E-state index >= 15 is 0 Å². The molecule has 6 heteroatoms. The molecule has 0 radical (unpaired) electrons. The highest BCUT2D eigenvalue weighted by molar-refractivity contribution is 5.94. The Hall–Kier alpha value is -3.93. The number of nitrogens with one attached hydrogen (secondary N) is 1. The molecule has 4 rings (SSSR count). The van der Waals surface area contributed by atoms with Gasteiger partial charge in [0.25, 0.3) is 5.91 Å². The molecule has 0 saturated carbocycles. The van der Waals surface area contributed by atoms with Crippen LogP contribution in [0.5, 0.6) is 0 Å². The van der Waals surface area contributed by atoms with Gasteiger partial charge in [0.2, 0.25) is 0 Å². The van der Waals surface area contributed by atoms with E-state index in [9.17, 15) is 14.0 Å². The monoisotopic (exact) mass is 430 g/mol. The molecule has 0 aliphatic heterocycles. The summed E-state index contributed by atoms with van der Waals surface area (Å²) in [5.74, 6) is -0.881. The summed E-state index contributed by atoms with van der Waals surface area (Å²) in [6.45, 7) is 1.34. The fourth-order valence-electron chi connectivity index (χ4n) is 3.61. The number of hydrogen-bond donors (Lipinski definition) is 1. The minimum absolute atomic E-state index is 0.0584. The summed E-state index contributed by atoms with van der Waals surface area (Å²) >= 11 is 0. The zero-order valence-electron chi connectivity index (χ0n) is 17.5. The maximum absolute atomic E-state index is 14.2. The number of anilines is 1. The number of nitrogens with zero attached hydrogens (tertiary/aromatic N) is 1. The highest BCUT2D eigenvalue weighted by atomic mass is 19.1. The molecule has 162 valence electrons. The van der Waals surface area contributed by atoms with E-state index in [0.29, 0.717) is 37.3 Å². The average molecular weight is 430 g/mol. The lowest BCUT2D eigenvalue weighted by Crippen LogP contribution is -2.33. The maximum atomic E-state index is 14.2. The van der Waals surface area contributed by atoms with Crippen molar-refractivity contribution in [1.29, 1.82) is 0 Å². The van der Waals surface area contributed by atoms with Crippen LogP contribution in [0.25, 0.3) is 11.0 Å². The van der Waals surface area contributed by atoms with Gasteiger partial charge in [0.05, 0.1) is 11.3 Å². The van der Waals surface area contributed by atoms with Gasteiger partial charge in [-0.05, 0) is 36.2 Å². The molecule has 3 aromatic carbocycles. The summed E-state index contributed by atoms with van der Waals surface area (Å²) in [6.07, 6.45) is 0.613. The van der Waals surface area contributed by atoms with Crippen molar-refractivity contribution in [2.75, 3.05) is 18.4 Å². The molecule has 0 bridgehead atoms. The third-order valence-electron chi connectivity index (χ3n) is 5.18. The van der Waals surface area contributed by atoms with Crippen LogP contribution in [0.1, 0.15) is 22.3 Å². The van der Waals surface area contributed by atoms with E-state index in [1.807, 2.05) is 48.5 Å². The molecular formula is C26H23FN2O3. The SMILES string of the molecule is O=C(c1ccccc1F)N(CCCNc1cc(=O)oc2ccccc12)Cc1ccccc1. The summed E-state index contributed by atoms with van der Waals surface area (Å²) in [6, 6.07) is 24.4. The third-order valence-corrected chi connectivity index (χ3v) is 5.18. The molecule has 0 atom stereocenters. The summed E-state index contributed by atoms with van der Waals surface area (Å²) in [5.41, 5.74) is 1.81. The first-order valence-corrected chi connectivity index (χ1v) is 10.5. The highest BCUT2D eigenvalue weighted by Gasteiger charge is 2.19. The summed E-state index contributed by atoms with van der Waals surface area (Å²) < 4.78 is 19.5. The Morgan fingerprint density at radius 1 is 0.938 bits per heavy atom. The Kier molecular flexibility index (Phi) is 6.60. The Morgan fingerprint density at radius 3 is 2.47 bits per heavy atom. The van der Waals surface area contributed by atoms with Crippen molar-refractivity contribution in [3.05, 3.63) is 112 Å². The number of amides is 1. The van der Waals surface area contributed by atoms with Gasteiger partial charge in [-0.25, -0.2) is 9.18 Å². The van der Waals surface area contributed by atoms with E-state index in [1.165, 1.54) is 18.2 Å². The average Bonchev–Trinajstić information content (AvgIpc) is 2.81. The smallest absolute Gasteiger partial charge is 0.338 e. The first-order valence-electron chi connectivity index (χ1n) is 10.5. The predicted molar refractivity (Wildman–Crippen MR) is 123 cm³/mol. The van der Waals surface area contributed by atoms with Crippen LogP contribution in [0.4, 0.5) is 10.1 Å². The van der Waals surface area contributed by atoms with Gasteiger partial charge < -0.3 is 14.6 Å². The molecule has 0 saturated heterocycles. The van der Waals surface area contributed by atoms with Crippen molar-refractivity contribution < 1.29 is 13.6 Å². The van der Waals surface area contributed by atoms with Gasteiger partial charge in [0, 0.05) is 31.1 Å². The molecule has 1 N–H and O–H groups in total. The molecule has 0 fully saturated rings. The van der Waals surface area contributed by atoms with E-state index in [4.69, 9.17) is 4.42 Å². The summed E-state index contributed by atoms with van der Waals surface area (Å²) in [4.78, 5) is 26.5. The molecule has 32 heavy (non-hydrogen) atoms. The number of para-hydroxylation sites is 1. The number of rotatable bonds is 8. The van der Waals surface area contributed by atoms with Gasteiger partial charge in [0.1, 0.15) is 11.4 Å². The summed E-state index contributed by atoms with van der Waals surface area (Å²) in [5, 5.41) is 4.08. The van der Waals surface area contributed by atoms with Crippen molar-refractivity contribution in [1.82, 2.24) is 4.90 Å². The molecule has 5 nitrogen and oxygen atoms in total. The van der Waals surface area contributed by atoms with E-state index in [-0.39, 0.29) is 11.5 Å². The predicted octanol–water partition coefficient (Wildman–Crippen LogP) is 5.08. The number of hydrogen-bond acceptors (Lipinski definition) is 4. The quantitative estimate of drug-likeness (QED) is 0.313. The Morgan fingerprint density at radius 2 is 1.66 bits per heavy atom. The second kappa shape index (κ2) is 9.92. The second-order valence-corrected chi connectivity index (χ2v) is 7.45. The minimum Gasteiger partial charge on any atom is -0.423 e. The molecule has 4 aromatic rings. The van der Waals surface area contributed by atoms with Crippen LogP contribution >= 0.6 is 0 Å². The van der Waals surface area contributed by atoms with Gasteiger partial charge in [-0.3, -0.25) is 4.79 Å². The van der Waals surface area contributed by atoms with Crippen molar-refractivity contribution in [3.63, 3.8) is 0 Å². The topological polar surface area (TPSA) is 62.6 Å². The van der Waals surface area contributed by atoms with Gasteiger partial charge >= 0.3 is 5.63 Å². The van der Waals surface area contributed by atoms with E-state index in [0.717, 1.165) is 10.9 Å². The molecular weight excluding hydrogens is 407 g/mol. The van der Waals surface area contributed by atoms with E-state index in [1.54, 1.807) is 23.1 Å². The van der Waals surface area contributed by atoms with Crippen LogP contribution in [-0.4, -0.2) is 23.9 Å². The molecule has 1 heterocycles. The zero-order valence-corrected chi connectivity index (χ0v) is 17.5. The van der Waals surface area contributed by atoms with E-state index in [2.05, 4.69) is 5.32 Å². The van der Waals surface area contributed by atoms with Crippen LogP contribution in [0.3, 0.4) is 0 Å². The molecule has 0 aliphatic carbocycles. The Bertz CT molecular complexity index is 1270. The van der Waals surface area contributed by atoms with Crippen molar-refractivity contribution in [3.8, 4) is 0 Å². The lowest BCUT2D eigenvalue weighted by atomic mass is 10.1.